The summed E-state index contributed by atoms with van der Waals surface area (Å²) >= 11 is 0. The Kier molecular flexibility index (Phi) is 4.91. The second-order valence-corrected chi connectivity index (χ2v) is 5.26. The van der Waals surface area contributed by atoms with E-state index in [2.05, 4.69) is 5.16 Å². The van der Waals surface area contributed by atoms with Crippen LogP contribution in [0.15, 0.2) is 65.2 Å². The molecule has 0 saturated heterocycles. The van der Waals surface area contributed by atoms with E-state index >= 15 is 0 Å². The van der Waals surface area contributed by atoms with E-state index < -0.39 is 5.97 Å². The molecule has 0 aliphatic heterocycles. The van der Waals surface area contributed by atoms with Gasteiger partial charge in [0, 0.05) is 11.6 Å². The lowest BCUT2D eigenvalue weighted by molar-refractivity contribution is -0.147. The van der Waals surface area contributed by atoms with Crippen molar-refractivity contribution in [1.29, 1.82) is 0 Å². The van der Waals surface area contributed by atoms with Gasteiger partial charge < -0.3 is 14.0 Å². The third-order valence-corrected chi connectivity index (χ3v) is 3.44. The quantitative estimate of drug-likeness (QED) is 0.646. The van der Waals surface area contributed by atoms with Gasteiger partial charge in [0.05, 0.1) is 0 Å². The zero-order chi connectivity index (χ0) is 16.8. The fourth-order valence-electron chi connectivity index (χ4n) is 2.17. The van der Waals surface area contributed by atoms with Gasteiger partial charge in [0.25, 0.3) is 0 Å². The van der Waals surface area contributed by atoms with E-state index in [0.29, 0.717) is 17.2 Å². The summed E-state index contributed by atoms with van der Waals surface area (Å²) in [5.41, 5.74) is 2.44. The molecule has 2 aromatic carbocycles. The molecular formula is C19H17NO4. The molecule has 1 aromatic heterocycles. The Morgan fingerprint density at radius 1 is 1.08 bits per heavy atom. The van der Waals surface area contributed by atoms with Gasteiger partial charge in [-0.05, 0) is 18.6 Å². The minimum Gasteiger partial charge on any atom is -0.482 e. The van der Waals surface area contributed by atoms with Crippen molar-refractivity contribution in [2.45, 2.75) is 13.5 Å². The van der Waals surface area contributed by atoms with E-state index in [-0.39, 0.29) is 13.2 Å². The number of hydrogen-bond acceptors (Lipinski definition) is 5. The molecule has 0 radical (unpaired) electrons. The van der Waals surface area contributed by atoms with E-state index in [9.17, 15) is 4.79 Å². The van der Waals surface area contributed by atoms with Gasteiger partial charge in [-0.1, -0.05) is 53.7 Å². The highest BCUT2D eigenvalue weighted by molar-refractivity contribution is 5.71. The van der Waals surface area contributed by atoms with Crippen LogP contribution in [0, 0.1) is 6.92 Å². The van der Waals surface area contributed by atoms with Crippen molar-refractivity contribution in [1.82, 2.24) is 5.16 Å². The Morgan fingerprint density at radius 2 is 1.83 bits per heavy atom. The number of hydrogen-bond donors (Lipinski definition) is 0. The van der Waals surface area contributed by atoms with E-state index in [1.165, 1.54) is 0 Å². The highest BCUT2D eigenvalue weighted by Crippen LogP contribution is 2.20. The molecule has 0 saturated carbocycles. The molecule has 3 rings (SSSR count). The van der Waals surface area contributed by atoms with E-state index in [1.54, 1.807) is 6.07 Å². The largest absolute Gasteiger partial charge is 0.482 e. The summed E-state index contributed by atoms with van der Waals surface area (Å²) in [6.45, 7) is 1.82. The lowest BCUT2D eigenvalue weighted by Crippen LogP contribution is -2.15. The molecule has 0 amide bonds. The van der Waals surface area contributed by atoms with Crippen LogP contribution >= 0.6 is 0 Å². The fourth-order valence-corrected chi connectivity index (χ4v) is 2.17. The van der Waals surface area contributed by atoms with Gasteiger partial charge in [-0.2, -0.15) is 0 Å². The normalized spacial score (nSPS) is 10.4. The Hall–Kier alpha value is -3.08. The van der Waals surface area contributed by atoms with Gasteiger partial charge in [-0.25, -0.2) is 4.79 Å². The summed E-state index contributed by atoms with van der Waals surface area (Å²) in [5.74, 6) is 0.850. The molecule has 5 nitrogen and oxygen atoms in total. The molecule has 0 N–H and O–H groups in total. The van der Waals surface area contributed by atoms with Crippen molar-refractivity contribution in [2.24, 2.45) is 0 Å². The van der Waals surface area contributed by atoms with Crippen molar-refractivity contribution in [3.05, 3.63) is 71.9 Å². The van der Waals surface area contributed by atoms with Gasteiger partial charge in [-0.15, -0.1) is 0 Å². The predicted molar refractivity (Wildman–Crippen MR) is 88.4 cm³/mol. The van der Waals surface area contributed by atoms with E-state index in [1.807, 2.05) is 61.5 Å². The zero-order valence-corrected chi connectivity index (χ0v) is 13.3. The van der Waals surface area contributed by atoms with Gasteiger partial charge in [-0.3, -0.25) is 0 Å². The van der Waals surface area contributed by atoms with Crippen LogP contribution in [-0.2, 0) is 16.1 Å². The summed E-state index contributed by atoms with van der Waals surface area (Å²) in [5, 5.41) is 3.90. The maximum Gasteiger partial charge on any atom is 0.344 e. The molecule has 24 heavy (non-hydrogen) atoms. The number of ether oxygens (including phenoxy) is 2. The Balaban J connectivity index is 1.50. The summed E-state index contributed by atoms with van der Waals surface area (Å²) in [6, 6.07) is 18.9. The van der Waals surface area contributed by atoms with Crippen LogP contribution in [0.3, 0.4) is 0 Å². The number of rotatable bonds is 6. The summed E-state index contributed by atoms with van der Waals surface area (Å²) < 4.78 is 15.9. The molecule has 5 heteroatoms. The fraction of sp³-hybridized carbons (Fsp3) is 0.158. The molecule has 122 valence electrons. The third-order valence-electron chi connectivity index (χ3n) is 3.44. The highest BCUT2D eigenvalue weighted by Gasteiger charge is 2.10. The van der Waals surface area contributed by atoms with Crippen LogP contribution in [0.1, 0.15) is 11.3 Å². The number of aromatic nitrogens is 1. The van der Waals surface area contributed by atoms with Gasteiger partial charge >= 0.3 is 5.97 Å². The third kappa shape index (κ3) is 4.01. The topological polar surface area (TPSA) is 61.6 Å². The lowest BCUT2D eigenvalue weighted by Gasteiger charge is -2.08. The number of nitrogens with zero attached hydrogens (tertiary/aromatic N) is 1. The maximum atomic E-state index is 11.8. The number of carbonyl (C=O) groups is 1. The van der Waals surface area contributed by atoms with Crippen molar-refractivity contribution in [3.63, 3.8) is 0 Å². The van der Waals surface area contributed by atoms with Crippen LogP contribution in [0.4, 0.5) is 0 Å². The summed E-state index contributed by atoms with van der Waals surface area (Å²) in [4.78, 5) is 11.8. The maximum absolute atomic E-state index is 11.8. The first-order valence-electron chi connectivity index (χ1n) is 7.57. The zero-order valence-electron chi connectivity index (χ0n) is 13.3. The average Bonchev–Trinajstić information content (AvgIpc) is 3.09. The minimum absolute atomic E-state index is 0.0479. The molecule has 1 heterocycles. The predicted octanol–water partition coefficient (Wildman–Crippen LogP) is 3.77. The van der Waals surface area contributed by atoms with Crippen molar-refractivity contribution in [2.75, 3.05) is 6.61 Å². The second-order valence-electron chi connectivity index (χ2n) is 5.26. The average molecular weight is 323 g/mol. The highest BCUT2D eigenvalue weighted by atomic mass is 16.6. The number of para-hydroxylation sites is 1. The smallest absolute Gasteiger partial charge is 0.344 e. The monoisotopic (exact) mass is 323 g/mol. The van der Waals surface area contributed by atoms with Crippen LogP contribution in [-0.4, -0.2) is 17.7 Å². The molecular weight excluding hydrogens is 306 g/mol. The molecule has 0 unspecified atom stereocenters. The molecule has 0 aliphatic carbocycles. The first-order valence-corrected chi connectivity index (χ1v) is 7.57. The molecule has 0 atom stereocenters. The van der Waals surface area contributed by atoms with Crippen molar-refractivity contribution >= 4 is 5.97 Å². The Bertz CT molecular complexity index is 811. The SMILES string of the molecule is Cc1ccccc1OCC(=O)OCc1cc(-c2ccccc2)on1. The van der Waals surface area contributed by atoms with Crippen LogP contribution < -0.4 is 4.74 Å². The van der Waals surface area contributed by atoms with Crippen molar-refractivity contribution < 1.29 is 18.8 Å². The number of carbonyl (C=O) groups excluding carboxylic acids is 1. The molecule has 0 aliphatic rings. The van der Waals surface area contributed by atoms with Gasteiger partial charge in [0.2, 0.25) is 0 Å². The molecule has 0 spiro atoms. The second kappa shape index (κ2) is 7.46. The van der Waals surface area contributed by atoms with Gasteiger partial charge in [0.15, 0.2) is 12.4 Å². The molecule has 0 bridgehead atoms. The van der Waals surface area contributed by atoms with Gasteiger partial charge in [0.1, 0.15) is 18.1 Å². The lowest BCUT2D eigenvalue weighted by atomic mass is 10.2. The Labute approximate surface area is 139 Å². The van der Waals surface area contributed by atoms with E-state index in [4.69, 9.17) is 14.0 Å². The number of esters is 1. The van der Waals surface area contributed by atoms with Crippen molar-refractivity contribution in [3.8, 4) is 17.1 Å². The number of aryl methyl sites for hydroxylation is 1. The van der Waals surface area contributed by atoms with Crippen LogP contribution in [0.25, 0.3) is 11.3 Å². The first kappa shape index (κ1) is 15.8. The minimum atomic E-state index is -0.456. The van der Waals surface area contributed by atoms with Crippen LogP contribution in [0.2, 0.25) is 0 Å². The summed E-state index contributed by atoms with van der Waals surface area (Å²) in [7, 11) is 0. The molecule has 0 fully saturated rings. The van der Waals surface area contributed by atoms with Crippen LogP contribution in [0.5, 0.6) is 5.75 Å². The number of benzene rings is 2. The van der Waals surface area contributed by atoms with E-state index in [0.717, 1.165) is 11.1 Å². The first-order chi connectivity index (χ1) is 11.7. The Morgan fingerprint density at radius 3 is 2.62 bits per heavy atom. The molecule has 3 aromatic rings. The summed E-state index contributed by atoms with van der Waals surface area (Å²) in [6.07, 6.45) is 0. The standard InChI is InChI=1S/C19H17NO4/c1-14-7-5-6-10-17(14)22-13-19(21)23-12-16-11-18(24-20-16)15-8-3-2-4-9-15/h2-11H,12-13H2,1H3.